The van der Waals surface area contributed by atoms with Crippen LogP contribution in [0.15, 0.2) is 18.2 Å². The molecule has 88 valence electrons. The second-order valence-electron chi connectivity index (χ2n) is 4.46. The Morgan fingerprint density at radius 1 is 1.50 bits per heavy atom. The first kappa shape index (κ1) is 12.5. The van der Waals surface area contributed by atoms with Crippen LogP contribution < -0.4 is 10.5 Å². The third kappa shape index (κ3) is 3.55. The van der Waals surface area contributed by atoms with Gasteiger partial charge in [-0.2, -0.15) is 0 Å². The number of aliphatic hydroxyl groups is 1. The molecule has 0 bridgehead atoms. The first-order valence-corrected chi connectivity index (χ1v) is 5.05. The molecule has 0 aromatic heterocycles. The van der Waals surface area contributed by atoms with Crippen LogP contribution in [0, 0.1) is 6.92 Å². The van der Waals surface area contributed by atoms with Crippen LogP contribution >= 0.6 is 0 Å². The van der Waals surface area contributed by atoms with Crippen LogP contribution in [0.2, 0.25) is 0 Å². The van der Waals surface area contributed by atoms with E-state index in [1.165, 1.54) is 0 Å². The quantitative estimate of drug-likeness (QED) is 0.806. The first-order chi connectivity index (χ1) is 7.29. The molecule has 4 heteroatoms. The number of aryl methyl sites for hydroxylation is 1. The number of ether oxygens (including phenoxy) is 1. The van der Waals surface area contributed by atoms with Crippen LogP contribution in [-0.4, -0.2) is 23.2 Å². The van der Waals surface area contributed by atoms with Crippen molar-refractivity contribution >= 4 is 5.91 Å². The molecule has 1 rings (SSSR count). The number of nitrogens with two attached hydrogens (primary N) is 1. The summed E-state index contributed by atoms with van der Waals surface area (Å²) in [6.45, 7) is 5.26. The zero-order chi connectivity index (χ0) is 12.3. The van der Waals surface area contributed by atoms with Gasteiger partial charge in [-0.15, -0.1) is 0 Å². The number of carbonyl (C=O) groups is 1. The molecule has 3 N–H and O–H groups in total. The maximum absolute atomic E-state index is 11.1. The summed E-state index contributed by atoms with van der Waals surface area (Å²) >= 11 is 0. The van der Waals surface area contributed by atoms with Gasteiger partial charge in [-0.3, -0.25) is 4.79 Å². The van der Waals surface area contributed by atoms with E-state index in [1.54, 1.807) is 32.0 Å². The van der Waals surface area contributed by atoms with Crippen molar-refractivity contribution in [3.05, 3.63) is 29.3 Å². The normalized spacial score (nSPS) is 11.2. The molecule has 0 saturated carbocycles. The fraction of sp³-hybridized carbons (Fsp3) is 0.417. The Balaban J connectivity index is 2.93. The van der Waals surface area contributed by atoms with E-state index in [1.807, 2.05) is 6.92 Å². The van der Waals surface area contributed by atoms with E-state index in [9.17, 15) is 9.90 Å². The fourth-order valence-electron chi connectivity index (χ4n) is 1.21. The van der Waals surface area contributed by atoms with Crippen LogP contribution in [0.25, 0.3) is 0 Å². The monoisotopic (exact) mass is 223 g/mol. The van der Waals surface area contributed by atoms with Gasteiger partial charge in [-0.25, -0.2) is 0 Å². The molecule has 0 atom stereocenters. The van der Waals surface area contributed by atoms with Gasteiger partial charge in [0, 0.05) is 0 Å². The Bertz CT molecular complexity index is 394. The maximum Gasteiger partial charge on any atom is 0.252 e. The van der Waals surface area contributed by atoms with Gasteiger partial charge in [0.15, 0.2) is 0 Å². The lowest BCUT2D eigenvalue weighted by molar-refractivity contribution is 0.0280. The number of rotatable bonds is 4. The lowest BCUT2D eigenvalue weighted by atomic mass is 10.1. The number of amides is 1. The molecular formula is C12H17NO3. The summed E-state index contributed by atoms with van der Waals surface area (Å²) < 4.78 is 5.39. The summed E-state index contributed by atoms with van der Waals surface area (Å²) in [6.07, 6.45) is 0. The van der Waals surface area contributed by atoms with Crippen LogP contribution in [-0.2, 0) is 0 Å². The molecule has 4 nitrogen and oxygen atoms in total. The molecule has 1 amide bonds. The average Bonchev–Trinajstić information content (AvgIpc) is 2.13. The Labute approximate surface area is 95.0 Å². The molecule has 0 unspecified atom stereocenters. The highest BCUT2D eigenvalue weighted by Crippen LogP contribution is 2.21. The Morgan fingerprint density at radius 3 is 2.62 bits per heavy atom. The lowest BCUT2D eigenvalue weighted by Gasteiger charge is -2.19. The van der Waals surface area contributed by atoms with Crippen molar-refractivity contribution < 1.29 is 14.6 Å². The summed E-state index contributed by atoms with van der Waals surface area (Å²) in [5.74, 6) is -0.125. The highest BCUT2D eigenvalue weighted by molar-refractivity contribution is 5.95. The topological polar surface area (TPSA) is 72.6 Å². The molecule has 16 heavy (non-hydrogen) atoms. The SMILES string of the molecule is Cc1ccc(C(N)=O)c(OCC(C)(C)O)c1. The summed E-state index contributed by atoms with van der Waals surface area (Å²) in [7, 11) is 0. The third-order valence-corrected chi connectivity index (χ3v) is 1.98. The molecule has 0 aliphatic carbocycles. The Kier molecular flexibility index (Phi) is 3.55. The molecule has 0 aliphatic heterocycles. The van der Waals surface area contributed by atoms with Crippen LogP contribution in [0.5, 0.6) is 5.75 Å². The van der Waals surface area contributed by atoms with Crippen molar-refractivity contribution in [2.24, 2.45) is 5.73 Å². The van der Waals surface area contributed by atoms with Crippen LogP contribution in [0.4, 0.5) is 0 Å². The second kappa shape index (κ2) is 4.53. The molecule has 0 fully saturated rings. The van der Waals surface area contributed by atoms with E-state index >= 15 is 0 Å². The highest BCUT2D eigenvalue weighted by Gasteiger charge is 2.16. The van der Waals surface area contributed by atoms with Crippen molar-refractivity contribution in [2.75, 3.05) is 6.61 Å². The van der Waals surface area contributed by atoms with Gasteiger partial charge in [-0.05, 0) is 38.5 Å². The smallest absolute Gasteiger partial charge is 0.252 e. The van der Waals surface area contributed by atoms with Gasteiger partial charge < -0.3 is 15.6 Å². The maximum atomic E-state index is 11.1. The Morgan fingerprint density at radius 2 is 2.12 bits per heavy atom. The van der Waals surface area contributed by atoms with Gasteiger partial charge in [0.25, 0.3) is 5.91 Å². The fourth-order valence-corrected chi connectivity index (χ4v) is 1.21. The van der Waals surface area contributed by atoms with Crippen molar-refractivity contribution in [3.8, 4) is 5.75 Å². The standard InChI is InChI=1S/C12H17NO3/c1-8-4-5-9(11(13)14)10(6-8)16-7-12(2,3)15/h4-6,15H,7H2,1-3H3,(H2,13,14). The van der Waals surface area contributed by atoms with E-state index < -0.39 is 11.5 Å². The van der Waals surface area contributed by atoms with Gasteiger partial charge in [0.1, 0.15) is 12.4 Å². The number of hydrogen-bond acceptors (Lipinski definition) is 3. The molecule has 0 saturated heterocycles. The molecule has 0 spiro atoms. The molecule has 0 radical (unpaired) electrons. The minimum Gasteiger partial charge on any atom is -0.490 e. The van der Waals surface area contributed by atoms with E-state index in [0.29, 0.717) is 11.3 Å². The van der Waals surface area contributed by atoms with Crippen molar-refractivity contribution in [1.82, 2.24) is 0 Å². The summed E-state index contributed by atoms with van der Waals surface area (Å²) in [4.78, 5) is 11.1. The number of carbonyl (C=O) groups excluding carboxylic acids is 1. The minimum atomic E-state index is -0.946. The van der Waals surface area contributed by atoms with Gasteiger partial charge >= 0.3 is 0 Å². The molecule has 0 heterocycles. The third-order valence-electron chi connectivity index (χ3n) is 1.98. The number of hydrogen-bond donors (Lipinski definition) is 2. The van der Waals surface area contributed by atoms with Crippen molar-refractivity contribution in [1.29, 1.82) is 0 Å². The van der Waals surface area contributed by atoms with Gasteiger partial charge in [-0.1, -0.05) is 6.07 Å². The zero-order valence-corrected chi connectivity index (χ0v) is 9.78. The van der Waals surface area contributed by atoms with Crippen LogP contribution in [0.1, 0.15) is 29.8 Å². The zero-order valence-electron chi connectivity index (χ0n) is 9.78. The summed E-state index contributed by atoms with van der Waals surface area (Å²) in [5, 5.41) is 9.54. The highest BCUT2D eigenvalue weighted by atomic mass is 16.5. The van der Waals surface area contributed by atoms with E-state index in [0.717, 1.165) is 5.56 Å². The molecule has 1 aromatic carbocycles. The van der Waals surface area contributed by atoms with Crippen molar-refractivity contribution in [2.45, 2.75) is 26.4 Å². The molecule has 1 aromatic rings. The largest absolute Gasteiger partial charge is 0.490 e. The number of primary amides is 1. The minimum absolute atomic E-state index is 0.108. The van der Waals surface area contributed by atoms with Crippen LogP contribution in [0.3, 0.4) is 0 Å². The second-order valence-corrected chi connectivity index (χ2v) is 4.46. The lowest BCUT2D eigenvalue weighted by Crippen LogP contribution is -2.28. The number of benzene rings is 1. The first-order valence-electron chi connectivity index (χ1n) is 5.05. The summed E-state index contributed by atoms with van der Waals surface area (Å²) in [5.41, 5.74) is 5.57. The average molecular weight is 223 g/mol. The van der Waals surface area contributed by atoms with E-state index in [2.05, 4.69) is 0 Å². The predicted octanol–water partition coefficient (Wildman–Crippen LogP) is 1.24. The van der Waals surface area contributed by atoms with E-state index in [-0.39, 0.29) is 6.61 Å². The summed E-state index contributed by atoms with van der Waals surface area (Å²) in [6, 6.07) is 5.14. The molecular weight excluding hydrogens is 206 g/mol. The van der Waals surface area contributed by atoms with Crippen molar-refractivity contribution in [3.63, 3.8) is 0 Å². The predicted molar refractivity (Wildman–Crippen MR) is 61.5 cm³/mol. The molecule has 0 aliphatic rings. The van der Waals surface area contributed by atoms with Gasteiger partial charge in [0.05, 0.1) is 11.2 Å². The van der Waals surface area contributed by atoms with Gasteiger partial charge in [0.2, 0.25) is 0 Å². The Hall–Kier alpha value is -1.55. The van der Waals surface area contributed by atoms with E-state index in [4.69, 9.17) is 10.5 Å².